The number of halogens is 2. The molecule has 0 saturated heterocycles. The van der Waals surface area contributed by atoms with Gasteiger partial charge in [-0.25, -0.2) is 4.79 Å². The zero-order valence-corrected chi connectivity index (χ0v) is 13.3. The first-order valence-electron chi connectivity index (χ1n) is 5.85. The van der Waals surface area contributed by atoms with E-state index in [1.807, 2.05) is 0 Å². The fourth-order valence-corrected chi connectivity index (χ4v) is 1.43. The monoisotopic (exact) mass is 297 g/mol. The number of Topliss-reactive ketones (excluding diaryl/α,β-unsaturated/α-hetero) is 1. The molecule has 1 N–H and O–H groups in total. The van der Waals surface area contributed by atoms with Gasteiger partial charge in [0.2, 0.25) is 0 Å². The van der Waals surface area contributed by atoms with Crippen molar-refractivity contribution in [1.29, 1.82) is 0 Å². The minimum Gasteiger partial charge on any atom is -0.437 e. The lowest BCUT2D eigenvalue weighted by molar-refractivity contribution is -0.122. The largest absolute Gasteiger partial charge is 0.437 e. The van der Waals surface area contributed by atoms with E-state index in [1.54, 1.807) is 20.8 Å². The van der Waals surface area contributed by atoms with Crippen molar-refractivity contribution in [2.75, 3.05) is 0 Å². The van der Waals surface area contributed by atoms with Crippen molar-refractivity contribution in [1.82, 2.24) is 5.32 Å². The average Bonchev–Trinajstić information content (AvgIpc) is 2.08. The molecule has 0 aromatic carbocycles. The summed E-state index contributed by atoms with van der Waals surface area (Å²) in [5.41, 5.74) is -5.78. The van der Waals surface area contributed by atoms with Crippen molar-refractivity contribution in [3.8, 4) is 0 Å². The quantitative estimate of drug-likeness (QED) is 0.812. The Morgan fingerprint density at radius 2 is 1.58 bits per heavy atom. The van der Waals surface area contributed by atoms with Crippen LogP contribution in [0.1, 0.15) is 41.5 Å². The van der Waals surface area contributed by atoms with E-state index in [2.05, 4.69) is 5.32 Å². The lowest BCUT2D eigenvalue weighted by atomic mass is 9.85. The Hall–Kier alpha value is -0.770. The number of amides is 1. The van der Waals surface area contributed by atoms with E-state index in [9.17, 15) is 18.4 Å². The normalized spacial score (nSPS) is 14.8. The molecule has 0 rings (SSSR count). The number of carbonyl (C=O) groups excluding carboxylic acids is 2. The maximum Gasteiger partial charge on any atom is 0.408 e. The van der Waals surface area contributed by atoms with E-state index in [0.717, 1.165) is 13.8 Å². The summed E-state index contributed by atoms with van der Waals surface area (Å²) < 4.78 is 31.1. The zero-order chi connectivity index (χ0) is 15.6. The molecular weight excluding hydrogens is 275 g/mol. The molecule has 0 spiro atoms. The summed E-state index contributed by atoms with van der Waals surface area (Å²) in [6.07, 6.45) is -1.04. The molecule has 112 valence electrons. The molecular formula is C12H22F2NO3P. The van der Waals surface area contributed by atoms with Gasteiger partial charge < -0.3 is 10.1 Å². The van der Waals surface area contributed by atoms with Crippen LogP contribution < -0.4 is 5.32 Å². The number of alkyl halides is 2. The zero-order valence-electron chi connectivity index (χ0n) is 12.1. The van der Waals surface area contributed by atoms with E-state index in [0.29, 0.717) is 0 Å². The number of carbonyl (C=O) groups is 2. The van der Waals surface area contributed by atoms with Crippen LogP contribution in [-0.2, 0) is 9.53 Å². The fraction of sp³-hybridized carbons (Fsp3) is 0.833. The van der Waals surface area contributed by atoms with Crippen LogP contribution in [0.4, 0.5) is 13.6 Å². The predicted octanol–water partition coefficient (Wildman–Crippen LogP) is 2.96. The summed E-state index contributed by atoms with van der Waals surface area (Å²) in [7, 11) is 1.33. The first-order chi connectivity index (χ1) is 8.18. The third-order valence-corrected chi connectivity index (χ3v) is 3.38. The molecule has 1 amide bonds. The predicted molar refractivity (Wildman–Crippen MR) is 72.3 cm³/mol. The molecule has 4 nitrogen and oxygen atoms in total. The molecule has 0 heterocycles. The number of rotatable bonds is 4. The van der Waals surface area contributed by atoms with Gasteiger partial charge in [0.25, 0.3) is 5.66 Å². The molecule has 0 aromatic heterocycles. The lowest BCUT2D eigenvalue weighted by Gasteiger charge is -2.33. The highest BCUT2D eigenvalue weighted by Crippen LogP contribution is 2.37. The second-order valence-electron chi connectivity index (χ2n) is 6.08. The van der Waals surface area contributed by atoms with Crippen LogP contribution >= 0.6 is 9.24 Å². The van der Waals surface area contributed by atoms with E-state index in [-0.39, 0.29) is 5.78 Å². The van der Waals surface area contributed by atoms with Crippen LogP contribution in [-0.4, -0.2) is 29.2 Å². The molecule has 2 atom stereocenters. The van der Waals surface area contributed by atoms with Crippen LogP contribution in [0.5, 0.6) is 0 Å². The minimum absolute atomic E-state index is 0.264. The number of hydrogen-bond donors (Lipinski definition) is 1. The van der Waals surface area contributed by atoms with Crippen LogP contribution in [0.2, 0.25) is 0 Å². The maximum absolute atomic E-state index is 13.2. The van der Waals surface area contributed by atoms with Crippen molar-refractivity contribution in [2.45, 2.75) is 58.8 Å². The van der Waals surface area contributed by atoms with Crippen molar-refractivity contribution < 1.29 is 23.1 Å². The number of nitrogens with one attached hydrogen (secondary N) is 1. The summed E-state index contributed by atoms with van der Waals surface area (Å²) in [6.45, 7) is 8.79. The van der Waals surface area contributed by atoms with Crippen LogP contribution in [0.25, 0.3) is 0 Å². The Bertz CT molecular complexity index is 359. The Morgan fingerprint density at radius 3 is 1.84 bits per heavy atom. The highest BCUT2D eigenvalue weighted by Gasteiger charge is 2.46. The fourth-order valence-electron chi connectivity index (χ4n) is 1.38. The van der Waals surface area contributed by atoms with Gasteiger partial charge in [-0.05, 0) is 26.2 Å². The van der Waals surface area contributed by atoms with Gasteiger partial charge in [-0.2, -0.15) is 8.78 Å². The third-order valence-electron chi connectivity index (χ3n) is 2.69. The van der Waals surface area contributed by atoms with Gasteiger partial charge >= 0.3 is 6.09 Å². The van der Waals surface area contributed by atoms with Gasteiger partial charge in [0.15, 0.2) is 11.4 Å². The molecule has 0 aliphatic rings. The minimum atomic E-state index is -3.27. The van der Waals surface area contributed by atoms with Gasteiger partial charge in [0, 0.05) is 0 Å². The molecule has 0 saturated carbocycles. The summed E-state index contributed by atoms with van der Waals surface area (Å²) in [6, 6.07) is -0.797. The van der Waals surface area contributed by atoms with Crippen LogP contribution in [0, 0.1) is 5.41 Å². The molecule has 0 aromatic rings. The lowest BCUT2D eigenvalue weighted by Crippen LogP contribution is -2.52. The maximum atomic E-state index is 13.2. The second-order valence-corrected chi connectivity index (χ2v) is 6.80. The smallest absolute Gasteiger partial charge is 0.408 e. The molecule has 0 aliphatic heterocycles. The first kappa shape index (κ1) is 18.2. The van der Waals surface area contributed by atoms with Crippen molar-refractivity contribution in [3.05, 3.63) is 0 Å². The van der Waals surface area contributed by atoms with E-state index in [4.69, 9.17) is 4.74 Å². The first-order valence-corrected chi connectivity index (χ1v) is 6.43. The van der Waals surface area contributed by atoms with Gasteiger partial charge in [-0.15, -0.1) is 0 Å². The van der Waals surface area contributed by atoms with E-state index >= 15 is 0 Å². The second kappa shape index (κ2) is 5.70. The Labute approximate surface area is 114 Å². The van der Waals surface area contributed by atoms with E-state index in [1.165, 1.54) is 16.2 Å². The SMILES string of the molecule is CC(=O)C(NC(=O)OC(C)(C)C(F)(F)P)C(C)(C)C. The van der Waals surface area contributed by atoms with Crippen LogP contribution in [0.15, 0.2) is 0 Å². The van der Waals surface area contributed by atoms with Gasteiger partial charge in [0.1, 0.15) is 0 Å². The molecule has 0 radical (unpaired) electrons. The summed E-state index contributed by atoms with van der Waals surface area (Å²) in [5, 5.41) is 2.33. The van der Waals surface area contributed by atoms with Gasteiger partial charge in [-0.1, -0.05) is 30.0 Å². The molecule has 7 heteroatoms. The van der Waals surface area contributed by atoms with Crippen molar-refractivity contribution >= 4 is 21.1 Å². The van der Waals surface area contributed by atoms with Crippen molar-refractivity contribution in [3.63, 3.8) is 0 Å². The van der Waals surface area contributed by atoms with E-state index < -0.39 is 28.8 Å². The molecule has 0 fully saturated rings. The van der Waals surface area contributed by atoms with Gasteiger partial charge in [0.05, 0.1) is 6.04 Å². The Kier molecular flexibility index (Phi) is 5.46. The summed E-state index contributed by atoms with van der Waals surface area (Å²) >= 11 is 0. The standard InChI is InChI=1S/C12H22F2NO3P/c1-7(16)8(10(2,3)4)15-9(17)18-11(5,6)12(13,14)19/h8H,19H2,1-6H3,(H,15,17). The highest BCUT2D eigenvalue weighted by molar-refractivity contribution is 7.18. The summed E-state index contributed by atoms with van der Waals surface area (Å²) in [4.78, 5) is 23.1. The summed E-state index contributed by atoms with van der Waals surface area (Å²) in [5.74, 6) is -0.264. The number of ketones is 1. The number of alkyl carbamates (subject to hydrolysis) is 1. The van der Waals surface area contributed by atoms with Gasteiger partial charge in [-0.3, -0.25) is 4.79 Å². The van der Waals surface area contributed by atoms with Crippen molar-refractivity contribution in [2.24, 2.45) is 5.41 Å². The molecule has 0 aliphatic carbocycles. The Balaban J connectivity index is 4.84. The number of ether oxygens (including phenoxy) is 1. The van der Waals surface area contributed by atoms with Crippen LogP contribution in [0.3, 0.4) is 0 Å². The topological polar surface area (TPSA) is 55.4 Å². The molecule has 0 bridgehead atoms. The third kappa shape index (κ3) is 5.39. The molecule has 2 unspecified atom stereocenters. The molecule has 19 heavy (non-hydrogen) atoms. The average molecular weight is 297 g/mol. The Morgan fingerprint density at radius 1 is 1.16 bits per heavy atom. The highest BCUT2D eigenvalue weighted by atomic mass is 31.0. The number of hydrogen-bond acceptors (Lipinski definition) is 3.